The molecule has 1 atom stereocenters. The average Bonchev–Trinajstić information content (AvgIpc) is 3.06. The molecule has 1 aliphatic heterocycles. The van der Waals surface area contributed by atoms with Gasteiger partial charge < -0.3 is 9.30 Å². The number of methoxy groups -OCH3 is 1. The maximum atomic E-state index is 5.16. The van der Waals surface area contributed by atoms with Crippen LogP contribution in [0.5, 0.6) is 0 Å². The van der Waals surface area contributed by atoms with Crippen molar-refractivity contribution in [3.8, 4) is 0 Å². The van der Waals surface area contributed by atoms with Gasteiger partial charge >= 0.3 is 0 Å². The van der Waals surface area contributed by atoms with Crippen LogP contribution in [0.3, 0.4) is 0 Å². The first-order valence-corrected chi connectivity index (χ1v) is 7.86. The minimum Gasteiger partial charge on any atom is -0.385 e. The second kappa shape index (κ2) is 5.92. The Balaban J connectivity index is 1.95. The van der Waals surface area contributed by atoms with Crippen LogP contribution in [-0.4, -0.2) is 34.0 Å². The highest BCUT2D eigenvalue weighted by atomic mass is 32.2. The summed E-state index contributed by atoms with van der Waals surface area (Å²) in [6, 6.07) is 4.01. The van der Waals surface area contributed by atoms with Gasteiger partial charge in [-0.25, -0.2) is 9.97 Å². The van der Waals surface area contributed by atoms with Crippen molar-refractivity contribution < 1.29 is 4.74 Å². The zero-order chi connectivity index (χ0) is 13.1. The number of rotatable bonds is 5. The SMILES string of the molecule is COCCCn1c(C2CCCS2)nc2cccnc21. The largest absolute Gasteiger partial charge is 0.385 e. The molecule has 1 fully saturated rings. The second-order valence-corrected chi connectivity index (χ2v) is 6.13. The fraction of sp³-hybridized carbons (Fsp3) is 0.571. The summed E-state index contributed by atoms with van der Waals surface area (Å²) in [4.78, 5) is 9.31. The van der Waals surface area contributed by atoms with Crippen LogP contribution in [0.15, 0.2) is 18.3 Å². The first-order chi connectivity index (χ1) is 9.40. The highest BCUT2D eigenvalue weighted by molar-refractivity contribution is 7.99. The van der Waals surface area contributed by atoms with Crippen LogP contribution >= 0.6 is 11.8 Å². The van der Waals surface area contributed by atoms with E-state index in [1.54, 1.807) is 7.11 Å². The van der Waals surface area contributed by atoms with Gasteiger partial charge in [0.1, 0.15) is 11.3 Å². The van der Waals surface area contributed by atoms with E-state index in [-0.39, 0.29) is 0 Å². The summed E-state index contributed by atoms with van der Waals surface area (Å²) < 4.78 is 7.45. The van der Waals surface area contributed by atoms with Crippen LogP contribution in [0.4, 0.5) is 0 Å². The molecule has 0 aliphatic carbocycles. The third-order valence-electron chi connectivity index (χ3n) is 3.48. The molecular formula is C14H19N3OS. The van der Waals surface area contributed by atoms with E-state index >= 15 is 0 Å². The number of nitrogens with zero attached hydrogens (tertiary/aromatic N) is 3. The van der Waals surface area contributed by atoms with Crippen LogP contribution in [0, 0.1) is 0 Å². The molecule has 2 aromatic heterocycles. The summed E-state index contributed by atoms with van der Waals surface area (Å²) in [5.41, 5.74) is 2.03. The van der Waals surface area contributed by atoms with Gasteiger partial charge in [-0.2, -0.15) is 11.8 Å². The monoisotopic (exact) mass is 277 g/mol. The van der Waals surface area contributed by atoms with E-state index < -0.39 is 0 Å². The molecule has 0 N–H and O–H groups in total. The zero-order valence-corrected chi connectivity index (χ0v) is 12.0. The summed E-state index contributed by atoms with van der Waals surface area (Å²) in [6.07, 6.45) is 5.38. The molecule has 4 nitrogen and oxygen atoms in total. The van der Waals surface area contributed by atoms with Gasteiger partial charge in [-0.05, 0) is 37.1 Å². The van der Waals surface area contributed by atoms with Gasteiger partial charge in [0, 0.05) is 26.5 Å². The molecule has 0 amide bonds. The number of pyridine rings is 1. The Labute approximate surface area is 117 Å². The third kappa shape index (κ3) is 2.62. The fourth-order valence-corrected chi connectivity index (χ4v) is 3.87. The Hall–Kier alpha value is -1.07. The van der Waals surface area contributed by atoms with Gasteiger partial charge in [0.25, 0.3) is 0 Å². The lowest BCUT2D eigenvalue weighted by Crippen LogP contribution is -2.08. The van der Waals surface area contributed by atoms with Gasteiger partial charge in [-0.1, -0.05) is 0 Å². The molecule has 3 heterocycles. The summed E-state index contributed by atoms with van der Waals surface area (Å²) >= 11 is 2.02. The predicted octanol–water partition coefficient (Wildman–Crippen LogP) is 3.04. The van der Waals surface area contributed by atoms with Gasteiger partial charge in [0.2, 0.25) is 0 Å². The van der Waals surface area contributed by atoms with Gasteiger partial charge in [-0.3, -0.25) is 0 Å². The number of aromatic nitrogens is 3. The molecule has 0 radical (unpaired) electrons. The van der Waals surface area contributed by atoms with Crippen LogP contribution < -0.4 is 0 Å². The molecule has 1 unspecified atom stereocenters. The number of thioether (sulfide) groups is 1. The Bertz CT molecular complexity index is 549. The van der Waals surface area contributed by atoms with Crippen molar-refractivity contribution in [1.29, 1.82) is 0 Å². The molecule has 0 saturated carbocycles. The van der Waals surface area contributed by atoms with Crippen molar-refractivity contribution >= 4 is 22.9 Å². The maximum Gasteiger partial charge on any atom is 0.160 e. The highest BCUT2D eigenvalue weighted by Crippen LogP contribution is 2.40. The molecule has 102 valence electrons. The smallest absolute Gasteiger partial charge is 0.160 e. The molecule has 5 heteroatoms. The summed E-state index contributed by atoms with van der Waals surface area (Å²) in [7, 11) is 1.75. The van der Waals surface area contributed by atoms with Gasteiger partial charge in [0.05, 0.1) is 5.25 Å². The van der Waals surface area contributed by atoms with Crippen molar-refractivity contribution in [2.24, 2.45) is 0 Å². The number of hydrogen-bond acceptors (Lipinski definition) is 4. The van der Waals surface area contributed by atoms with Crippen LogP contribution in [0.25, 0.3) is 11.2 Å². The van der Waals surface area contributed by atoms with E-state index in [9.17, 15) is 0 Å². The van der Waals surface area contributed by atoms with Crippen molar-refractivity contribution in [2.45, 2.75) is 31.1 Å². The Kier molecular flexibility index (Phi) is 4.03. The third-order valence-corrected chi connectivity index (χ3v) is 4.85. The lowest BCUT2D eigenvalue weighted by molar-refractivity contribution is 0.190. The first-order valence-electron chi connectivity index (χ1n) is 6.82. The van der Waals surface area contributed by atoms with E-state index in [4.69, 9.17) is 9.72 Å². The van der Waals surface area contributed by atoms with Crippen LogP contribution in [-0.2, 0) is 11.3 Å². The van der Waals surface area contributed by atoms with Gasteiger partial charge in [0.15, 0.2) is 5.65 Å². The number of hydrogen-bond donors (Lipinski definition) is 0. The Morgan fingerprint density at radius 3 is 3.26 bits per heavy atom. The second-order valence-electron chi connectivity index (χ2n) is 4.82. The van der Waals surface area contributed by atoms with E-state index in [0.717, 1.165) is 30.7 Å². The molecule has 2 aromatic rings. The van der Waals surface area contributed by atoms with Crippen LogP contribution in [0.1, 0.15) is 30.3 Å². The molecule has 1 aliphatic rings. The molecule has 0 spiro atoms. The molecule has 19 heavy (non-hydrogen) atoms. The van der Waals surface area contributed by atoms with E-state index in [2.05, 4.69) is 15.6 Å². The lowest BCUT2D eigenvalue weighted by Gasteiger charge is -2.12. The molecule has 0 aromatic carbocycles. The minimum atomic E-state index is 0.539. The average molecular weight is 277 g/mol. The van der Waals surface area contributed by atoms with Crippen molar-refractivity contribution in [3.63, 3.8) is 0 Å². The first kappa shape index (κ1) is 12.9. The number of imidazole rings is 1. The van der Waals surface area contributed by atoms with Crippen molar-refractivity contribution in [3.05, 3.63) is 24.2 Å². The molecule has 3 rings (SSSR count). The highest BCUT2D eigenvalue weighted by Gasteiger charge is 2.24. The van der Waals surface area contributed by atoms with Crippen molar-refractivity contribution in [2.75, 3.05) is 19.5 Å². The summed E-state index contributed by atoms with van der Waals surface area (Å²) in [6.45, 7) is 1.72. The normalized spacial score (nSPS) is 19.3. The summed E-state index contributed by atoms with van der Waals surface area (Å²) in [5, 5.41) is 0.539. The molecule has 1 saturated heterocycles. The number of fused-ring (bicyclic) bond motifs is 1. The fourth-order valence-electron chi connectivity index (χ4n) is 2.59. The van der Waals surface area contributed by atoms with E-state index in [1.165, 1.54) is 24.4 Å². The minimum absolute atomic E-state index is 0.539. The lowest BCUT2D eigenvalue weighted by atomic mass is 10.2. The van der Waals surface area contributed by atoms with Crippen molar-refractivity contribution in [1.82, 2.24) is 14.5 Å². The predicted molar refractivity (Wildman–Crippen MR) is 78.5 cm³/mol. The molecule has 0 bridgehead atoms. The Morgan fingerprint density at radius 1 is 1.53 bits per heavy atom. The number of aryl methyl sites for hydroxylation is 1. The molecular weight excluding hydrogens is 258 g/mol. The number of ether oxygens (including phenoxy) is 1. The Morgan fingerprint density at radius 2 is 2.47 bits per heavy atom. The quantitative estimate of drug-likeness (QED) is 0.788. The van der Waals surface area contributed by atoms with E-state index in [1.807, 2.05) is 24.0 Å². The van der Waals surface area contributed by atoms with Crippen LogP contribution in [0.2, 0.25) is 0 Å². The maximum absolute atomic E-state index is 5.16. The van der Waals surface area contributed by atoms with Gasteiger partial charge in [-0.15, -0.1) is 0 Å². The standard InChI is InChI=1S/C14H19N3OS/c1-18-9-4-8-17-13-11(5-2-7-15-13)16-14(17)12-6-3-10-19-12/h2,5,7,12H,3-4,6,8-10H2,1H3. The zero-order valence-electron chi connectivity index (χ0n) is 11.2. The topological polar surface area (TPSA) is 39.9 Å². The van der Waals surface area contributed by atoms with E-state index in [0.29, 0.717) is 5.25 Å². The summed E-state index contributed by atoms with van der Waals surface area (Å²) in [5.74, 6) is 2.45.